The van der Waals surface area contributed by atoms with Gasteiger partial charge in [0.15, 0.2) is 5.78 Å². The van der Waals surface area contributed by atoms with Gasteiger partial charge in [0.1, 0.15) is 11.4 Å². The van der Waals surface area contributed by atoms with Crippen molar-refractivity contribution in [2.75, 3.05) is 6.61 Å². The van der Waals surface area contributed by atoms with Crippen LogP contribution in [-0.4, -0.2) is 18.4 Å². The minimum atomic E-state index is -0.648. The molecule has 3 nitrogen and oxygen atoms in total. The molecular formula is C15H17FO3. The number of benzene rings is 1. The van der Waals surface area contributed by atoms with Crippen LogP contribution in [0.15, 0.2) is 35.9 Å². The average Bonchev–Trinajstić information content (AvgIpc) is 2.36. The highest BCUT2D eigenvalue weighted by atomic mass is 19.1. The van der Waals surface area contributed by atoms with Crippen molar-refractivity contribution in [3.8, 4) is 0 Å². The predicted octanol–water partition coefficient (Wildman–Crippen LogP) is 3.15. The Labute approximate surface area is 112 Å². The number of esters is 1. The molecule has 1 aromatic carbocycles. The number of ether oxygens (including phenoxy) is 1. The van der Waals surface area contributed by atoms with Gasteiger partial charge < -0.3 is 4.74 Å². The molecule has 0 aliphatic rings. The summed E-state index contributed by atoms with van der Waals surface area (Å²) in [6.45, 7) is 5.59. The van der Waals surface area contributed by atoms with Gasteiger partial charge in [-0.25, -0.2) is 9.18 Å². The van der Waals surface area contributed by atoms with Crippen molar-refractivity contribution in [2.45, 2.75) is 20.8 Å². The first-order valence-corrected chi connectivity index (χ1v) is 6.15. The molecule has 0 aliphatic carbocycles. The second-order valence-corrected chi connectivity index (χ2v) is 4.38. The van der Waals surface area contributed by atoms with Crippen LogP contribution in [0.4, 0.5) is 4.39 Å². The number of Topliss-reactive ketones (excluding diaryl/α,β-unsaturated/α-hetero) is 1. The van der Waals surface area contributed by atoms with E-state index >= 15 is 0 Å². The molecule has 0 unspecified atom stereocenters. The summed E-state index contributed by atoms with van der Waals surface area (Å²) in [5, 5.41) is 0. The van der Waals surface area contributed by atoms with E-state index in [-0.39, 0.29) is 23.7 Å². The summed E-state index contributed by atoms with van der Waals surface area (Å²) in [7, 11) is 0. The fraction of sp³-hybridized carbons (Fsp3) is 0.333. The van der Waals surface area contributed by atoms with Gasteiger partial charge in [0.2, 0.25) is 0 Å². The number of hydrogen-bond donors (Lipinski definition) is 0. The summed E-state index contributed by atoms with van der Waals surface area (Å²) in [4.78, 5) is 24.0. The van der Waals surface area contributed by atoms with Crippen molar-refractivity contribution in [3.63, 3.8) is 0 Å². The van der Waals surface area contributed by atoms with E-state index in [1.165, 1.54) is 24.3 Å². The van der Waals surface area contributed by atoms with Crippen LogP contribution in [0, 0.1) is 11.7 Å². The van der Waals surface area contributed by atoms with Crippen molar-refractivity contribution in [2.24, 2.45) is 5.92 Å². The van der Waals surface area contributed by atoms with Gasteiger partial charge in [-0.05, 0) is 37.1 Å². The minimum Gasteiger partial charge on any atom is -0.462 e. The second kappa shape index (κ2) is 6.83. The number of allylic oxidation sites excluding steroid dienone is 1. The highest BCUT2D eigenvalue weighted by Crippen LogP contribution is 2.13. The number of ketones is 1. The molecule has 0 bridgehead atoms. The maximum Gasteiger partial charge on any atom is 0.341 e. The molecule has 0 fully saturated rings. The molecular weight excluding hydrogens is 247 g/mol. The summed E-state index contributed by atoms with van der Waals surface area (Å²) in [6, 6.07) is 5.08. The SMILES string of the molecule is CCOC(=O)/C(=C/C(C)C)C(=O)c1ccc(F)cc1. The number of rotatable bonds is 5. The summed E-state index contributed by atoms with van der Waals surface area (Å²) in [6.07, 6.45) is 1.56. The maximum atomic E-state index is 12.8. The normalized spacial score (nSPS) is 11.5. The first kappa shape index (κ1) is 15.1. The van der Waals surface area contributed by atoms with Crippen molar-refractivity contribution < 1.29 is 18.7 Å². The van der Waals surface area contributed by atoms with Crippen LogP contribution >= 0.6 is 0 Å². The smallest absolute Gasteiger partial charge is 0.341 e. The van der Waals surface area contributed by atoms with Gasteiger partial charge in [-0.15, -0.1) is 0 Å². The van der Waals surface area contributed by atoms with E-state index in [9.17, 15) is 14.0 Å². The third kappa shape index (κ3) is 4.32. The van der Waals surface area contributed by atoms with Gasteiger partial charge in [-0.1, -0.05) is 19.9 Å². The zero-order valence-corrected chi connectivity index (χ0v) is 11.3. The molecule has 0 aromatic heterocycles. The zero-order chi connectivity index (χ0) is 14.4. The van der Waals surface area contributed by atoms with Gasteiger partial charge in [0, 0.05) is 5.56 Å². The van der Waals surface area contributed by atoms with Crippen LogP contribution in [0.3, 0.4) is 0 Å². The lowest BCUT2D eigenvalue weighted by Gasteiger charge is -2.08. The maximum absolute atomic E-state index is 12.8. The van der Waals surface area contributed by atoms with Crippen LogP contribution in [0.1, 0.15) is 31.1 Å². The summed E-state index contributed by atoms with van der Waals surface area (Å²) < 4.78 is 17.7. The molecule has 0 N–H and O–H groups in total. The molecule has 0 radical (unpaired) electrons. The quantitative estimate of drug-likeness (QED) is 0.270. The van der Waals surface area contributed by atoms with Crippen molar-refractivity contribution in [1.29, 1.82) is 0 Å². The molecule has 0 atom stereocenters. The fourth-order valence-electron chi connectivity index (χ4n) is 1.54. The molecule has 0 aliphatic heterocycles. The Bertz CT molecular complexity index is 487. The van der Waals surface area contributed by atoms with E-state index < -0.39 is 17.6 Å². The lowest BCUT2D eigenvalue weighted by atomic mass is 10.00. The van der Waals surface area contributed by atoms with E-state index in [0.29, 0.717) is 0 Å². The first-order valence-electron chi connectivity index (χ1n) is 6.15. The van der Waals surface area contributed by atoms with Crippen molar-refractivity contribution in [1.82, 2.24) is 0 Å². The molecule has 4 heteroatoms. The Balaban J connectivity index is 3.08. The Morgan fingerprint density at radius 2 is 1.84 bits per heavy atom. The third-order valence-corrected chi connectivity index (χ3v) is 2.35. The largest absolute Gasteiger partial charge is 0.462 e. The number of hydrogen-bond acceptors (Lipinski definition) is 3. The van der Waals surface area contributed by atoms with E-state index in [0.717, 1.165) is 0 Å². The summed E-state index contributed by atoms with van der Waals surface area (Å²) >= 11 is 0. The van der Waals surface area contributed by atoms with E-state index in [2.05, 4.69) is 0 Å². The van der Waals surface area contributed by atoms with Gasteiger partial charge >= 0.3 is 5.97 Å². The first-order chi connectivity index (χ1) is 8.95. The Morgan fingerprint density at radius 3 is 2.32 bits per heavy atom. The molecule has 19 heavy (non-hydrogen) atoms. The standard InChI is InChI=1S/C15H17FO3/c1-4-19-15(18)13(9-10(2)3)14(17)11-5-7-12(16)8-6-11/h5-10H,4H2,1-3H3/b13-9+. The van der Waals surface area contributed by atoms with Crippen LogP contribution in [0.5, 0.6) is 0 Å². The third-order valence-electron chi connectivity index (χ3n) is 2.35. The molecule has 0 heterocycles. The minimum absolute atomic E-state index is 0.0107. The van der Waals surface area contributed by atoms with Gasteiger partial charge in [-0.3, -0.25) is 4.79 Å². The number of carbonyl (C=O) groups excluding carboxylic acids is 2. The molecule has 0 amide bonds. The summed E-state index contributed by atoms with van der Waals surface area (Å²) in [5.74, 6) is -1.50. The van der Waals surface area contributed by atoms with Gasteiger partial charge in [0.25, 0.3) is 0 Å². The molecule has 1 aromatic rings. The second-order valence-electron chi connectivity index (χ2n) is 4.38. The van der Waals surface area contributed by atoms with Crippen LogP contribution < -0.4 is 0 Å². The van der Waals surface area contributed by atoms with E-state index in [1.54, 1.807) is 13.0 Å². The van der Waals surface area contributed by atoms with Crippen LogP contribution in [0.25, 0.3) is 0 Å². The topological polar surface area (TPSA) is 43.4 Å². The molecule has 0 saturated carbocycles. The van der Waals surface area contributed by atoms with E-state index in [1.807, 2.05) is 13.8 Å². The molecule has 0 saturated heterocycles. The number of carbonyl (C=O) groups is 2. The average molecular weight is 264 g/mol. The van der Waals surface area contributed by atoms with Crippen LogP contribution in [0.2, 0.25) is 0 Å². The molecule has 1 rings (SSSR count). The Hall–Kier alpha value is -1.97. The molecule has 0 spiro atoms. The Kier molecular flexibility index (Phi) is 5.42. The lowest BCUT2D eigenvalue weighted by Crippen LogP contribution is -2.17. The molecule has 102 valence electrons. The Morgan fingerprint density at radius 1 is 1.26 bits per heavy atom. The fourth-order valence-corrected chi connectivity index (χ4v) is 1.54. The monoisotopic (exact) mass is 264 g/mol. The van der Waals surface area contributed by atoms with Crippen LogP contribution in [-0.2, 0) is 9.53 Å². The highest BCUT2D eigenvalue weighted by Gasteiger charge is 2.21. The van der Waals surface area contributed by atoms with E-state index in [4.69, 9.17) is 4.74 Å². The van der Waals surface area contributed by atoms with Gasteiger partial charge in [0.05, 0.1) is 6.61 Å². The summed E-state index contributed by atoms with van der Waals surface area (Å²) in [5.41, 5.74) is 0.254. The zero-order valence-electron chi connectivity index (χ0n) is 11.3. The van der Waals surface area contributed by atoms with Crippen molar-refractivity contribution in [3.05, 3.63) is 47.3 Å². The van der Waals surface area contributed by atoms with Gasteiger partial charge in [-0.2, -0.15) is 0 Å². The van der Waals surface area contributed by atoms with Crippen molar-refractivity contribution >= 4 is 11.8 Å². The predicted molar refractivity (Wildman–Crippen MR) is 70.3 cm³/mol. The lowest BCUT2D eigenvalue weighted by molar-refractivity contribution is -0.138. The number of halogens is 1. The highest BCUT2D eigenvalue weighted by molar-refractivity contribution is 6.24.